The molecule has 1 aromatic carbocycles. The van der Waals surface area contributed by atoms with Crippen molar-refractivity contribution in [2.24, 2.45) is 0 Å². The van der Waals surface area contributed by atoms with Crippen molar-refractivity contribution in [1.29, 1.82) is 0 Å². The van der Waals surface area contributed by atoms with Gasteiger partial charge in [-0.05, 0) is 26.1 Å². The zero-order valence-electron chi connectivity index (χ0n) is 12.6. The summed E-state index contributed by atoms with van der Waals surface area (Å²) in [4.78, 5) is 2.33. The molecule has 0 aromatic heterocycles. The van der Waals surface area contributed by atoms with E-state index in [0.717, 1.165) is 51.6 Å². The third kappa shape index (κ3) is 4.47. The van der Waals surface area contributed by atoms with Gasteiger partial charge < -0.3 is 14.8 Å². The number of rotatable bonds is 8. The highest BCUT2D eigenvalue weighted by atomic mass is 16.5. The summed E-state index contributed by atoms with van der Waals surface area (Å²) in [6, 6.07) is 8.80. The van der Waals surface area contributed by atoms with E-state index >= 15 is 0 Å². The highest BCUT2D eigenvalue weighted by Gasteiger charge is 2.19. The third-order valence-corrected chi connectivity index (χ3v) is 3.77. The van der Waals surface area contributed by atoms with Crippen molar-refractivity contribution in [3.63, 3.8) is 0 Å². The minimum absolute atomic E-state index is 0.551. The van der Waals surface area contributed by atoms with E-state index in [-0.39, 0.29) is 0 Å². The second kappa shape index (κ2) is 8.25. The molecule has 1 heterocycles. The van der Waals surface area contributed by atoms with Crippen LogP contribution in [0.5, 0.6) is 5.75 Å². The molecule has 4 heteroatoms. The molecule has 2 rings (SSSR count). The zero-order chi connectivity index (χ0) is 14.2. The molecule has 1 unspecified atom stereocenters. The molecule has 0 spiro atoms. The summed E-state index contributed by atoms with van der Waals surface area (Å²) >= 11 is 0. The van der Waals surface area contributed by atoms with Crippen LogP contribution in [0.4, 0.5) is 0 Å². The first kappa shape index (κ1) is 15.3. The summed E-state index contributed by atoms with van der Waals surface area (Å²) < 4.78 is 11.4. The van der Waals surface area contributed by atoms with Gasteiger partial charge in [-0.25, -0.2) is 0 Å². The Morgan fingerprint density at radius 2 is 2.25 bits per heavy atom. The third-order valence-electron chi connectivity index (χ3n) is 3.77. The molecule has 20 heavy (non-hydrogen) atoms. The van der Waals surface area contributed by atoms with Gasteiger partial charge in [0.2, 0.25) is 0 Å². The monoisotopic (exact) mass is 278 g/mol. The summed E-state index contributed by atoms with van der Waals surface area (Å²) in [6.07, 6.45) is 1.13. The molecule has 4 nitrogen and oxygen atoms in total. The van der Waals surface area contributed by atoms with Gasteiger partial charge in [0.25, 0.3) is 0 Å². The van der Waals surface area contributed by atoms with Gasteiger partial charge in [0.05, 0.1) is 6.61 Å². The van der Waals surface area contributed by atoms with Gasteiger partial charge in [-0.1, -0.05) is 25.1 Å². The van der Waals surface area contributed by atoms with Crippen LogP contribution in [0.3, 0.4) is 0 Å². The van der Waals surface area contributed by atoms with Gasteiger partial charge in [-0.3, -0.25) is 4.90 Å². The lowest BCUT2D eigenvalue weighted by Gasteiger charge is -2.23. The van der Waals surface area contributed by atoms with Crippen LogP contribution in [0.25, 0.3) is 0 Å². The van der Waals surface area contributed by atoms with Gasteiger partial charge in [0, 0.05) is 31.3 Å². The molecule has 1 atom stereocenters. The fraction of sp³-hybridized carbons (Fsp3) is 0.625. The largest absolute Gasteiger partial charge is 0.492 e. The Labute approximate surface area is 122 Å². The molecule has 1 fully saturated rings. The molecule has 0 aliphatic carbocycles. The van der Waals surface area contributed by atoms with Gasteiger partial charge >= 0.3 is 0 Å². The lowest BCUT2D eigenvalue weighted by atomic mass is 10.2. The molecular formula is C16H26N2O2. The Balaban J connectivity index is 1.78. The van der Waals surface area contributed by atoms with E-state index in [4.69, 9.17) is 9.47 Å². The fourth-order valence-electron chi connectivity index (χ4n) is 2.40. The van der Waals surface area contributed by atoms with E-state index in [9.17, 15) is 0 Å². The number of ether oxygens (including phenoxy) is 2. The lowest BCUT2D eigenvalue weighted by Crippen LogP contribution is -2.35. The lowest BCUT2D eigenvalue weighted by molar-refractivity contribution is 0.146. The average molecular weight is 278 g/mol. The van der Waals surface area contributed by atoms with Crippen LogP contribution in [0, 0.1) is 0 Å². The summed E-state index contributed by atoms with van der Waals surface area (Å²) in [7, 11) is 2.15. The van der Waals surface area contributed by atoms with Gasteiger partial charge in [-0.2, -0.15) is 0 Å². The predicted octanol–water partition coefficient (Wildman–Crippen LogP) is 1.90. The molecule has 1 N–H and O–H groups in total. The average Bonchev–Trinajstić information content (AvgIpc) is 3.00. The predicted molar refractivity (Wildman–Crippen MR) is 81.2 cm³/mol. The molecule has 1 saturated heterocycles. The number of para-hydroxylation sites is 1. The van der Waals surface area contributed by atoms with Crippen LogP contribution >= 0.6 is 0 Å². The minimum Gasteiger partial charge on any atom is -0.492 e. The first-order valence-electron chi connectivity index (χ1n) is 7.50. The van der Waals surface area contributed by atoms with Crippen LogP contribution in [0.1, 0.15) is 18.9 Å². The quantitative estimate of drug-likeness (QED) is 0.787. The minimum atomic E-state index is 0.551. The van der Waals surface area contributed by atoms with Crippen LogP contribution in [0.2, 0.25) is 0 Å². The van der Waals surface area contributed by atoms with Crippen molar-refractivity contribution < 1.29 is 9.47 Å². The Bertz CT molecular complexity index is 392. The van der Waals surface area contributed by atoms with E-state index in [1.54, 1.807) is 0 Å². The van der Waals surface area contributed by atoms with E-state index in [1.807, 2.05) is 12.1 Å². The van der Waals surface area contributed by atoms with Crippen molar-refractivity contribution in [3.8, 4) is 5.75 Å². The van der Waals surface area contributed by atoms with E-state index in [1.165, 1.54) is 5.56 Å². The Hall–Kier alpha value is -1.10. The molecule has 0 bridgehead atoms. The molecule has 0 saturated carbocycles. The first-order chi connectivity index (χ1) is 9.81. The second-order valence-electron chi connectivity index (χ2n) is 5.23. The van der Waals surface area contributed by atoms with Crippen molar-refractivity contribution in [3.05, 3.63) is 29.8 Å². The van der Waals surface area contributed by atoms with Crippen molar-refractivity contribution in [1.82, 2.24) is 10.2 Å². The van der Waals surface area contributed by atoms with Crippen molar-refractivity contribution in [2.75, 3.05) is 40.0 Å². The number of likely N-dealkylation sites (N-methyl/N-ethyl adjacent to an activating group) is 1. The number of hydrogen-bond donors (Lipinski definition) is 1. The maximum absolute atomic E-state index is 5.94. The Morgan fingerprint density at radius 1 is 1.40 bits per heavy atom. The molecule has 1 aromatic rings. The molecule has 1 aliphatic rings. The Kier molecular flexibility index (Phi) is 6.30. The van der Waals surface area contributed by atoms with Crippen molar-refractivity contribution >= 4 is 0 Å². The molecular weight excluding hydrogens is 252 g/mol. The Morgan fingerprint density at radius 3 is 3.00 bits per heavy atom. The van der Waals surface area contributed by atoms with E-state index < -0.39 is 0 Å². The summed E-state index contributed by atoms with van der Waals surface area (Å²) in [5.74, 6) is 0.990. The maximum atomic E-state index is 5.94. The first-order valence-corrected chi connectivity index (χ1v) is 7.50. The molecule has 1 aliphatic heterocycles. The molecule has 112 valence electrons. The van der Waals surface area contributed by atoms with Crippen LogP contribution in [0.15, 0.2) is 24.3 Å². The summed E-state index contributed by atoms with van der Waals surface area (Å²) in [6.45, 7) is 7.34. The highest BCUT2D eigenvalue weighted by molar-refractivity contribution is 5.33. The van der Waals surface area contributed by atoms with Crippen LogP contribution in [-0.4, -0.2) is 50.9 Å². The zero-order valence-corrected chi connectivity index (χ0v) is 12.6. The van der Waals surface area contributed by atoms with Gasteiger partial charge in [0.1, 0.15) is 12.4 Å². The van der Waals surface area contributed by atoms with Crippen LogP contribution < -0.4 is 10.1 Å². The number of hydrogen-bond acceptors (Lipinski definition) is 4. The van der Waals surface area contributed by atoms with Gasteiger partial charge in [-0.15, -0.1) is 0 Å². The topological polar surface area (TPSA) is 33.7 Å². The molecule has 0 amide bonds. The molecule has 0 radical (unpaired) electrons. The summed E-state index contributed by atoms with van der Waals surface area (Å²) in [5.41, 5.74) is 1.22. The maximum Gasteiger partial charge on any atom is 0.123 e. The van der Waals surface area contributed by atoms with E-state index in [0.29, 0.717) is 6.04 Å². The van der Waals surface area contributed by atoms with E-state index in [2.05, 4.69) is 36.3 Å². The number of benzene rings is 1. The van der Waals surface area contributed by atoms with Crippen molar-refractivity contribution in [2.45, 2.75) is 25.9 Å². The smallest absolute Gasteiger partial charge is 0.123 e. The van der Waals surface area contributed by atoms with Gasteiger partial charge in [0.15, 0.2) is 0 Å². The number of nitrogens with one attached hydrogen (secondary N) is 1. The normalized spacial score (nSPS) is 18.6. The number of nitrogens with zero attached hydrogens (tertiary/aromatic N) is 1. The second-order valence-corrected chi connectivity index (χ2v) is 5.23. The van der Waals surface area contributed by atoms with Crippen LogP contribution in [-0.2, 0) is 11.3 Å². The SMILES string of the molecule is CCNCc1ccccc1OCCN(C)C1CCOC1. The summed E-state index contributed by atoms with van der Waals surface area (Å²) in [5, 5.41) is 3.34. The fourth-order valence-corrected chi connectivity index (χ4v) is 2.40. The highest BCUT2D eigenvalue weighted by Crippen LogP contribution is 2.18. The standard InChI is InChI=1S/C16H26N2O2/c1-3-17-12-14-6-4-5-7-16(14)20-11-9-18(2)15-8-10-19-13-15/h4-7,15,17H,3,8-13H2,1-2H3.